The van der Waals surface area contributed by atoms with Crippen LogP contribution < -0.4 is 14.2 Å². The minimum atomic E-state index is -3.60. The van der Waals surface area contributed by atoms with E-state index in [0.29, 0.717) is 6.61 Å². The number of hydrogen-bond acceptors (Lipinski definition) is 4. The summed E-state index contributed by atoms with van der Waals surface area (Å²) in [6, 6.07) is 22.2. The van der Waals surface area contributed by atoms with Gasteiger partial charge in [-0.2, -0.15) is 0 Å². The molecule has 6 heteroatoms. The fourth-order valence-corrected chi connectivity index (χ4v) is 4.09. The summed E-state index contributed by atoms with van der Waals surface area (Å²) >= 11 is 0. The second-order valence-electron chi connectivity index (χ2n) is 6.97. The van der Waals surface area contributed by atoms with Crippen LogP contribution in [0.5, 0.6) is 11.5 Å². The van der Waals surface area contributed by atoms with Crippen molar-refractivity contribution < 1.29 is 17.9 Å². The predicted octanol–water partition coefficient (Wildman–Crippen LogP) is 4.81. The van der Waals surface area contributed by atoms with Crippen LogP contribution in [0.15, 0.2) is 83.8 Å². The van der Waals surface area contributed by atoms with Crippen LogP contribution in [0.2, 0.25) is 0 Å². The van der Waals surface area contributed by atoms with E-state index in [1.165, 1.54) is 0 Å². The lowest BCUT2D eigenvalue weighted by Crippen LogP contribution is -2.24. The van der Waals surface area contributed by atoms with Crippen molar-refractivity contribution >= 4 is 15.6 Å². The lowest BCUT2D eigenvalue weighted by Gasteiger charge is -2.12. The Morgan fingerprint density at radius 3 is 1.94 bits per heavy atom. The van der Waals surface area contributed by atoms with Crippen LogP contribution in [0.1, 0.15) is 23.6 Å². The Labute approximate surface area is 184 Å². The van der Waals surface area contributed by atoms with Crippen LogP contribution in [0.25, 0.3) is 5.57 Å². The third-order valence-corrected chi connectivity index (χ3v) is 6.23. The number of ether oxygens (including phenoxy) is 2. The second-order valence-corrected chi connectivity index (χ2v) is 8.74. The van der Waals surface area contributed by atoms with Gasteiger partial charge in [0, 0.05) is 6.54 Å². The SMILES string of the molecule is CCOc1ccc(C(=CCNS(=O)(=O)c2ccc(C)cc2)c2ccc(OC)cc2)cc1. The van der Waals surface area contributed by atoms with Gasteiger partial charge < -0.3 is 9.47 Å². The van der Waals surface area contributed by atoms with Crippen LogP contribution in [0.3, 0.4) is 0 Å². The van der Waals surface area contributed by atoms with Crippen molar-refractivity contribution in [1.29, 1.82) is 0 Å². The van der Waals surface area contributed by atoms with Crippen LogP contribution in [-0.4, -0.2) is 28.7 Å². The highest BCUT2D eigenvalue weighted by atomic mass is 32.2. The van der Waals surface area contributed by atoms with Gasteiger partial charge in [-0.15, -0.1) is 0 Å². The van der Waals surface area contributed by atoms with Gasteiger partial charge in [0.25, 0.3) is 0 Å². The number of rotatable bonds is 9. The topological polar surface area (TPSA) is 64.6 Å². The van der Waals surface area contributed by atoms with Gasteiger partial charge in [0.15, 0.2) is 0 Å². The molecule has 0 saturated heterocycles. The molecule has 0 amide bonds. The molecule has 0 spiro atoms. The van der Waals surface area contributed by atoms with Gasteiger partial charge in [0.1, 0.15) is 11.5 Å². The first-order valence-corrected chi connectivity index (χ1v) is 11.6. The highest BCUT2D eigenvalue weighted by molar-refractivity contribution is 7.89. The van der Waals surface area contributed by atoms with Gasteiger partial charge in [-0.25, -0.2) is 13.1 Å². The van der Waals surface area contributed by atoms with E-state index >= 15 is 0 Å². The van der Waals surface area contributed by atoms with Crippen LogP contribution in [-0.2, 0) is 10.0 Å². The lowest BCUT2D eigenvalue weighted by atomic mass is 9.97. The Morgan fingerprint density at radius 1 is 0.871 bits per heavy atom. The molecule has 1 N–H and O–H groups in total. The number of nitrogens with one attached hydrogen (secondary N) is 1. The molecule has 0 heterocycles. The van der Waals surface area contributed by atoms with Crippen molar-refractivity contribution in [2.24, 2.45) is 0 Å². The molecule has 0 atom stereocenters. The van der Waals surface area contributed by atoms with Gasteiger partial charge >= 0.3 is 0 Å². The molecular formula is C25H27NO4S. The summed E-state index contributed by atoms with van der Waals surface area (Å²) in [5.74, 6) is 1.55. The van der Waals surface area contributed by atoms with Crippen molar-refractivity contribution in [3.05, 3.63) is 95.6 Å². The Bertz CT molecular complexity index is 1120. The first kappa shape index (κ1) is 22.6. The van der Waals surface area contributed by atoms with Gasteiger partial charge in [-0.1, -0.05) is 48.0 Å². The first-order valence-electron chi connectivity index (χ1n) is 10.1. The third kappa shape index (κ3) is 5.96. The minimum Gasteiger partial charge on any atom is -0.497 e. The van der Waals surface area contributed by atoms with Crippen LogP contribution in [0.4, 0.5) is 0 Å². The molecule has 3 aromatic carbocycles. The quantitative estimate of drug-likeness (QED) is 0.522. The maximum atomic E-state index is 12.6. The van der Waals surface area contributed by atoms with E-state index < -0.39 is 10.0 Å². The summed E-state index contributed by atoms with van der Waals surface area (Å²) in [6.45, 7) is 4.62. The predicted molar refractivity (Wildman–Crippen MR) is 124 cm³/mol. The van der Waals surface area contributed by atoms with Gasteiger partial charge in [0.05, 0.1) is 18.6 Å². The molecule has 0 fully saturated rings. The standard InChI is InChI=1S/C25H27NO4S/c1-4-30-23-13-9-21(10-14-23)25(20-7-11-22(29-3)12-8-20)17-18-26-31(27,28)24-15-5-19(2)6-16-24/h5-17,26H,4,18H2,1-3H3. The molecule has 0 aromatic heterocycles. The number of hydrogen-bond donors (Lipinski definition) is 1. The number of benzene rings is 3. The second kappa shape index (κ2) is 10.3. The Hall–Kier alpha value is -3.09. The van der Waals surface area contributed by atoms with Gasteiger partial charge in [-0.3, -0.25) is 0 Å². The average Bonchev–Trinajstić information content (AvgIpc) is 2.78. The lowest BCUT2D eigenvalue weighted by molar-refractivity contribution is 0.340. The van der Waals surface area contributed by atoms with Gasteiger partial charge in [-0.05, 0) is 66.9 Å². The van der Waals surface area contributed by atoms with E-state index in [4.69, 9.17) is 9.47 Å². The summed E-state index contributed by atoms with van der Waals surface area (Å²) in [5, 5.41) is 0. The Kier molecular flexibility index (Phi) is 7.50. The van der Waals surface area contributed by atoms with E-state index in [2.05, 4.69) is 4.72 Å². The number of methoxy groups -OCH3 is 1. The fourth-order valence-electron chi connectivity index (χ4n) is 3.12. The molecule has 3 rings (SSSR count). The van der Waals surface area contributed by atoms with Crippen molar-refractivity contribution in [3.8, 4) is 11.5 Å². The van der Waals surface area contributed by atoms with Crippen molar-refractivity contribution in [1.82, 2.24) is 4.72 Å². The summed E-state index contributed by atoms with van der Waals surface area (Å²) in [7, 11) is -1.97. The Balaban J connectivity index is 1.87. The normalized spacial score (nSPS) is 11.9. The zero-order valence-corrected chi connectivity index (χ0v) is 18.8. The summed E-state index contributed by atoms with van der Waals surface area (Å²) < 4.78 is 38.7. The highest BCUT2D eigenvalue weighted by Gasteiger charge is 2.13. The van der Waals surface area contributed by atoms with Gasteiger partial charge in [0.2, 0.25) is 10.0 Å². The van der Waals surface area contributed by atoms with E-state index in [1.54, 1.807) is 31.4 Å². The molecule has 0 bridgehead atoms. The van der Waals surface area contributed by atoms with Crippen molar-refractivity contribution in [3.63, 3.8) is 0 Å². The maximum absolute atomic E-state index is 12.6. The van der Waals surface area contributed by atoms with Crippen LogP contribution in [0, 0.1) is 6.92 Å². The molecule has 0 unspecified atom stereocenters. The Morgan fingerprint density at radius 2 is 1.42 bits per heavy atom. The summed E-state index contributed by atoms with van der Waals surface area (Å²) in [4.78, 5) is 0.249. The number of sulfonamides is 1. The molecule has 0 aliphatic carbocycles. The number of aryl methyl sites for hydroxylation is 1. The fraction of sp³-hybridized carbons (Fsp3) is 0.200. The zero-order chi connectivity index (χ0) is 22.3. The molecule has 162 valence electrons. The molecule has 0 aliphatic heterocycles. The minimum absolute atomic E-state index is 0.158. The first-order chi connectivity index (χ1) is 14.9. The van der Waals surface area contributed by atoms with Crippen molar-refractivity contribution in [2.45, 2.75) is 18.7 Å². The monoisotopic (exact) mass is 437 g/mol. The molecule has 3 aromatic rings. The molecule has 31 heavy (non-hydrogen) atoms. The van der Waals surface area contributed by atoms with E-state index in [0.717, 1.165) is 33.8 Å². The smallest absolute Gasteiger partial charge is 0.240 e. The molecule has 0 radical (unpaired) electrons. The zero-order valence-electron chi connectivity index (χ0n) is 18.0. The average molecular weight is 438 g/mol. The van der Waals surface area contributed by atoms with E-state index in [1.807, 2.05) is 68.5 Å². The van der Waals surface area contributed by atoms with E-state index in [-0.39, 0.29) is 11.4 Å². The maximum Gasteiger partial charge on any atom is 0.240 e. The summed E-state index contributed by atoms with van der Waals surface area (Å²) in [6.07, 6.45) is 1.88. The highest BCUT2D eigenvalue weighted by Crippen LogP contribution is 2.27. The molecule has 0 saturated carbocycles. The third-order valence-electron chi connectivity index (χ3n) is 4.79. The van der Waals surface area contributed by atoms with Crippen molar-refractivity contribution in [2.75, 3.05) is 20.3 Å². The van der Waals surface area contributed by atoms with Crippen LogP contribution >= 0.6 is 0 Å². The molecular weight excluding hydrogens is 410 g/mol. The largest absolute Gasteiger partial charge is 0.497 e. The van der Waals surface area contributed by atoms with E-state index in [9.17, 15) is 8.42 Å². The molecule has 0 aliphatic rings. The molecule has 5 nitrogen and oxygen atoms in total. The summed E-state index contributed by atoms with van der Waals surface area (Å²) in [5.41, 5.74) is 3.84.